The van der Waals surface area contributed by atoms with Crippen LogP contribution < -0.4 is 4.72 Å². The largest absolute Gasteiger partial charge is 0.395 e. The third kappa shape index (κ3) is 4.72. The summed E-state index contributed by atoms with van der Waals surface area (Å²) in [6.07, 6.45) is 0. The number of aliphatic hydroxyl groups excluding tert-OH is 1. The molecule has 0 radical (unpaired) electrons. The first kappa shape index (κ1) is 9.87. The van der Waals surface area contributed by atoms with Gasteiger partial charge in [-0.05, 0) is 13.8 Å². The number of hydrogen-bond acceptors (Lipinski definition) is 3. The van der Waals surface area contributed by atoms with Crippen LogP contribution in [0.25, 0.3) is 0 Å². The van der Waals surface area contributed by atoms with Crippen molar-refractivity contribution in [2.45, 2.75) is 19.9 Å². The highest BCUT2D eigenvalue weighted by molar-refractivity contribution is 7.89. The van der Waals surface area contributed by atoms with Crippen LogP contribution in [-0.4, -0.2) is 31.9 Å². The second kappa shape index (κ2) is 3.90. The predicted octanol–water partition coefficient (Wildman–Crippen LogP) is -0.694. The smallest absolute Gasteiger partial charge is 0.214 e. The summed E-state index contributed by atoms with van der Waals surface area (Å²) in [6, 6.07) is -0.100. The van der Waals surface area contributed by atoms with Crippen molar-refractivity contribution >= 4 is 10.0 Å². The van der Waals surface area contributed by atoms with E-state index < -0.39 is 10.0 Å². The van der Waals surface area contributed by atoms with E-state index in [0.29, 0.717) is 0 Å². The van der Waals surface area contributed by atoms with Crippen molar-refractivity contribution in [3.63, 3.8) is 0 Å². The van der Waals surface area contributed by atoms with Gasteiger partial charge in [-0.2, -0.15) is 0 Å². The van der Waals surface area contributed by atoms with Crippen LogP contribution in [0.4, 0.5) is 0 Å². The summed E-state index contributed by atoms with van der Waals surface area (Å²) in [5.74, 6) is -0.217. The number of nitrogens with one attached hydrogen (secondary N) is 1. The van der Waals surface area contributed by atoms with Gasteiger partial charge in [-0.25, -0.2) is 13.1 Å². The molecule has 0 aromatic carbocycles. The first-order chi connectivity index (χ1) is 4.48. The summed E-state index contributed by atoms with van der Waals surface area (Å²) in [7, 11) is -3.23. The molecule has 0 unspecified atom stereocenters. The highest BCUT2D eigenvalue weighted by Gasteiger charge is 2.09. The zero-order valence-electron chi connectivity index (χ0n) is 6.16. The minimum atomic E-state index is -3.23. The fraction of sp³-hybridized carbons (Fsp3) is 1.00. The van der Waals surface area contributed by atoms with E-state index in [1.54, 1.807) is 13.8 Å². The van der Waals surface area contributed by atoms with Gasteiger partial charge in [0.2, 0.25) is 10.0 Å². The normalized spacial score (nSPS) is 12.4. The molecule has 0 bridgehead atoms. The molecule has 0 atom stereocenters. The van der Waals surface area contributed by atoms with E-state index in [-0.39, 0.29) is 18.4 Å². The van der Waals surface area contributed by atoms with Crippen LogP contribution in [0.2, 0.25) is 0 Å². The molecule has 0 aliphatic carbocycles. The fourth-order valence-electron chi connectivity index (χ4n) is 0.538. The molecule has 0 heterocycles. The Morgan fingerprint density at radius 1 is 1.50 bits per heavy atom. The van der Waals surface area contributed by atoms with E-state index in [2.05, 4.69) is 4.72 Å². The molecule has 2 N–H and O–H groups in total. The average molecular weight is 167 g/mol. The van der Waals surface area contributed by atoms with Crippen molar-refractivity contribution in [3.05, 3.63) is 0 Å². The second-order valence-electron chi connectivity index (χ2n) is 2.32. The molecule has 0 saturated carbocycles. The molecule has 62 valence electrons. The first-order valence-electron chi connectivity index (χ1n) is 3.09. The van der Waals surface area contributed by atoms with Gasteiger partial charge in [0.15, 0.2) is 0 Å². The molecule has 0 aliphatic rings. The van der Waals surface area contributed by atoms with Gasteiger partial charge in [-0.1, -0.05) is 0 Å². The van der Waals surface area contributed by atoms with E-state index >= 15 is 0 Å². The Balaban J connectivity index is 3.89. The van der Waals surface area contributed by atoms with E-state index in [0.717, 1.165) is 0 Å². The zero-order chi connectivity index (χ0) is 8.20. The molecule has 0 fully saturated rings. The third-order valence-electron chi connectivity index (χ3n) is 0.775. The zero-order valence-corrected chi connectivity index (χ0v) is 6.98. The number of aliphatic hydroxyl groups is 1. The summed E-state index contributed by atoms with van der Waals surface area (Å²) >= 11 is 0. The molecule has 0 spiro atoms. The molecular formula is C5H13NO3S. The molecule has 5 heteroatoms. The van der Waals surface area contributed by atoms with Crippen molar-refractivity contribution in [2.24, 2.45) is 0 Å². The highest BCUT2D eigenvalue weighted by Crippen LogP contribution is 1.86. The van der Waals surface area contributed by atoms with Crippen molar-refractivity contribution < 1.29 is 13.5 Å². The Bertz CT molecular complexity index is 173. The van der Waals surface area contributed by atoms with Crippen LogP contribution in [0.3, 0.4) is 0 Å². The Kier molecular flexibility index (Phi) is 3.85. The number of rotatable bonds is 4. The molecule has 0 saturated heterocycles. The lowest BCUT2D eigenvalue weighted by atomic mass is 10.4. The van der Waals surface area contributed by atoms with Crippen molar-refractivity contribution in [1.82, 2.24) is 4.72 Å². The van der Waals surface area contributed by atoms with Gasteiger partial charge < -0.3 is 5.11 Å². The van der Waals surface area contributed by atoms with Gasteiger partial charge in [-0.15, -0.1) is 0 Å². The lowest BCUT2D eigenvalue weighted by molar-refractivity contribution is 0.319. The minimum Gasteiger partial charge on any atom is -0.395 e. The number of sulfonamides is 1. The average Bonchev–Trinajstić information content (AvgIpc) is 1.59. The molecular weight excluding hydrogens is 154 g/mol. The third-order valence-corrected chi connectivity index (χ3v) is 2.33. The van der Waals surface area contributed by atoms with E-state index in [1.165, 1.54) is 0 Å². The van der Waals surface area contributed by atoms with E-state index in [1.807, 2.05) is 0 Å². The van der Waals surface area contributed by atoms with Gasteiger partial charge in [0, 0.05) is 6.04 Å². The maximum absolute atomic E-state index is 10.8. The maximum atomic E-state index is 10.8. The van der Waals surface area contributed by atoms with Gasteiger partial charge in [0.05, 0.1) is 12.4 Å². The Labute approximate surface area is 61.3 Å². The van der Waals surface area contributed by atoms with Gasteiger partial charge in [-0.3, -0.25) is 0 Å². The van der Waals surface area contributed by atoms with E-state index in [4.69, 9.17) is 5.11 Å². The Hall–Kier alpha value is -0.130. The Morgan fingerprint density at radius 3 is 2.30 bits per heavy atom. The monoisotopic (exact) mass is 167 g/mol. The van der Waals surface area contributed by atoms with Crippen molar-refractivity contribution in [3.8, 4) is 0 Å². The maximum Gasteiger partial charge on any atom is 0.214 e. The lowest BCUT2D eigenvalue weighted by Gasteiger charge is -2.06. The molecule has 0 aromatic heterocycles. The molecule has 10 heavy (non-hydrogen) atoms. The molecule has 4 nitrogen and oxygen atoms in total. The topological polar surface area (TPSA) is 66.4 Å². The summed E-state index contributed by atoms with van der Waals surface area (Å²) in [4.78, 5) is 0. The quantitative estimate of drug-likeness (QED) is 0.582. The van der Waals surface area contributed by atoms with Crippen LogP contribution in [0.1, 0.15) is 13.8 Å². The summed E-state index contributed by atoms with van der Waals surface area (Å²) in [5, 5.41) is 8.30. The predicted molar refractivity (Wildman–Crippen MR) is 39.1 cm³/mol. The fourth-order valence-corrected chi connectivity index (χ4v) is 1.61. The molecule has 0 rings (SSSR count). The van der Waals surface area contributed by atoms with Gasteiger partial charge >= 0.3 is 0 Å². The molecule has 0 aliphatic heterocycles. The lowest BCUT2D eigenvalue weighted by Crippen LogP contribution is -2.33. The number of hydrogen-bond donors (Lipinski definition) is 2. The SMILES string of the molecule is CC(C)NS(=O)(=O)CCO. The van der Waals surface area contributed by atoms with Gasteiger partial charge in [0.25, 0.3) is 0 Å². The Morgan fingerprint density at radius 2 is 2.00 bits per heavy atom. The van der Waals surface area contributed by atoms with Crippen LogP contribution >= 0.6 is 0 Å². The standard InChI is InChI=1S/C5H13NO3S/c1-5(2)6-10(8,9)4-3-7/h5-7H,3-4H2,1-2H3. The molecule has 0 amide bonds. The van der Waals surface area contributed by atoms with Gasteiger partial charge in [0.1, 0.15) is 0 Å². The van der Waals surface area contributed by atoms with Crippen LogP contribution in [0.15, 0.2) is 0 Å². The first-order valence-corrected chi connectivity index (χ1v) is 4.74. The highest BCUT2D eigenvalue weighted by atomic mass is 32.2. The van der Waals surface area contributed by atoms with Crippen LogP contribution in [0, 0.1) is 0 Å². The van der Waals surface area contributed by atoms with Crippen LogP contribution in [-0.2, 0) is 10.0 Å². The molecule has 0 aromatic rings. The van der Waals surface area contributed by atoms with Crippen LogP contribution in [0.5, 0.6) is 0 Å². The summed E-state index contributed by atoms with van der Waals surface area (Å²) in [5.41, 5.74) is 0. The van der Waals surface area contributed by atoms with Crippen molar-refractivity contribution in [1.29, 1.82) is 0 Å². The second-order valence-corrected chi connectivity index (χ2v) is 4.19. The summed E-state index contributed by atoms with van der Waals surface area (Å²) < 4.78 is 23.9. The minimum absolute atomic E-state index is 0.100. The van der Waals surface area contributed by atoms with E-state index in [9.17, 15) is 8.42 Å². The van der Waals surface area contributed by atoms with Crippen molar-refractivity contribution in [2.75, 3.05) is 12.4 Å². The summed E-state index contributed by atoms with van der Waals surface area (Å²) in [6.45, 7) is 3.13.